The van der Waals surface area contributed by atoms with Gasteiger partial charge in [-0.2, -0.15) is 0 Å². The van der Waals surface area contributed by atoms with Gasteiger partial charge in [-0.05, 0) is 65.9 Å². The third-order valence-corrected chi connectivity index (χ3v) is 3.65. The largest absolute Gasteiger partial charge is 0.493 e. The van der Waals surface area contributed by atoms with Crippen LogP contribution in [0.1, 0.15) is 6.92 Å². The van der Waals surface area contributed by atoms with Crippen LogP contribution in [0.4, 0.5) is 5.69 Å². The number of nitrogens with one attached hydrogen (secondary N) is 1. The third kappa shape index (κ3) is 5.31. The molecule has 0 aliphatic carbocycles. The molecule has 0 fully saturated rings. The summed E-state index contributed by atoms with van der Waals surface area (Å²) < 4.78 is 17.2. The Hall–Kier alpha value is -1.96. The zero-order chi connectivity index (χ0) is 16.7. The second kappa shape index (κ2) is 8.61. The number of hydrogen-bond donors (Lipinski definition) is 1. The van der Waals surface area contributed by atoms with Gasteiger partial charge in [-0.1, -0.05) is 0 Å². The van der Waals surface area contributed by atoms with Crippen LogP contribution in [0, 0.1) is 3.57 Å². The van der Waals surface area contributed by atoms with Crippen molar-refractivity contribution in [1.29, 1.82) is 0 Å². The van der Waals surface area contributed by atoms with E-state index in [1.165, 1.54) is 0 Å². The summed E-state index contributed by atoms with van der Waals surface area (Å²) in [5.74, 6) is 1.63. The number of methoxy groups -OCH3 is 1. The summed E-state index contributed by atoms with van der Waals surface area (Å²) in [6.07, 6.45) is 0. The molecule has 2 aromatic carbocycles. The molecule has 5 nitrogen and oxygen atoms in total. The minimum absolute atomic E-state index is 0.0594. The van der Waals surface area contributed by atoms with Crippen LogP contribution in [-0.2, 0) is 4.79 Å². The Morgan fingerprint density at radius 3 is 2.48 bits per heavy atom. The third-order valence-electron chi connectivity index (χ3n) is 2.93. The average Bonchev–Trinajstić information content (AvgIpc) is 2.56. The molecule has 0 saturated carbocycles. The van der Waals surface area contributed by atoms with Crippen molar-refractivity contribution in [3.05, 3.63) is 46.0 Å². The Balaban J connectivity index is 1.93. The first-order valence-corrected chi connectivity index (χ1v) is 8.19. The molecule has 2 aromatic rings. The number of ether oxygens (including phenoxy) is 3. The Kier molecular flexibility index (Phi) is 6.52. The van der Waals surface area contributed by atoms with Crippen LogP contribution >= 0.6 is 22.6 Å². The van der Waals surface area contributed by atoms with Crippen molar-refractivity contribution in [2.75, 3.05) is 25.6 Å². The van der Waals surface area contributed by atoms with Crippen LogP contribution in [-0.4, -0.2) is 26.2 Å². The maximum absolute atomic E-state index is 12.0. The van der Waals surface area contributed by atoms with Gasteiger partial charge in [0.15, 0.2) is 18.1 Å². The number of carbonyl (C=O) groups excluding carboxylic acids is 1. The Bertz CT molecular complexity index is 658. The summed E-state index contributed by atoms with van der Waals surface area (Å²) in [6, 6.07) is 12.7. The predicted molar refractivity (Wildman–Crippen MR) is 97.4 cm³/mol. The number of anilines is 1. The van der Waals surface area contributed by atoms with E-state index in [0.717, 1.165) is 3.57 Å². The van der Waals surface area contributed by atoms with Gasteiger partial charge in [-0.15, -0.1) is 0 Å². The standard InChI is InChI=1S/C17H18INO4/c1-3-22-15-9-6-13(10-16(15)21-2)19-17(20)11-23-14-7-4-12(18)5-8-14/h4-10H,3,11H2,1-2H3,(H,19,20). The molecule has 1 amide bonds. The first-order chi connectivity index (χ1) is 11.1. The molecule has 0 aliphatic heterocycles. The normalized spacial score (nSPS) is 10.0. The molecular weight excluding hydrogens is 409 g/mol. The first-order valence-electron chi connectivity index (χ1n) is 7.11. The lowest BCUT2D eigenvalue weighted by atomic mass is 10.2. The van der Waals surface area contributed by atoms with E-state index in [2.05, 4.69) is 27.9 Å². The SMILES string of the molecule is CCOc1ccc(NC(=O)COc2ccc(I)cc2)cc1OC. The van der Waals surface area contributed by atoms with Crippen LogP contribution < -0.4 is 19.5 Å². The summed E-state index contributed by atoms with van der Waals surface area (Å²) in [7, 11) is 1.56. The van der Waals surface area contributed by atoms with E-state index >= 15 is 0 Å². The summed E-state index contributed by atoms with van der Waals surface area (Å²) in [4.78, 5) is 12.0. The van der Waals surface area contributed by atoms with Crippen molar-refractivity contribution < 1.29 is 19.0 Å². The highest BCUT2D eigenvalue weighted by molar-refractivity contribution is 14.1. The fourth-order valence-electron chi connectivity index (χ4n) is 1.90. The zero-order valence-electron chi connectivity index (χ0n) is 13.0. The minimum atomic E-state index is -0.241. The van der Waals surface area contributed by atoms with E-state index in [9.17, 15) is 4.79 Å². The summed E-state index contributed by atoms with van der Waals surface area (Å²) in [5, 5.41) is 2.77. The monoisotopic (exact) mass is 427 g/mol. The van der Waals surface area contributed by atoms with Gasteiger partial charge in [0.2, 0.25) is 0 Å². The molecule has 0 aromatic heterocycles. The maximum atomic E-state index is 12.0. The number of carbonyl (C=O) groups is 1. The number of amides is 1. The molecule has 0 radical (unpaired) electrons. The van der Waals surface area contributed by atoms with Gasteiger partial charge in [0.25, 0.3) is 5.91 Å². The van der Waals surface area contributed by atoms with Crippen LogP contribution in [0.5, 0.6) is 17.2 Å². The maximum Gasteiger partial charge on any atom is 0.262 e. The fourth-order valence-corrected chi connectivity index (χ4v) is 2.26. The molecule has 0 atom stereocenters. The summed E-state index contributed by atoms with van der Waals surface area (Å²) in [6.45, 7) is 2.39. The number of hydrogen-bond acceptors (Lipinski definition) is 4. The Morgan fingerprint density at radius 2 is 1.83 bits per heavy atom. The van der Waals surface area contributed by atoms with Crippen LogP contribution in [0.3, 0.4) is 0 Å². The highest BCUT2D eigenvalue weighted by atomic mass is 127. The van der Waals surface area contributed by atoms with Crippen LogP contribution in [0.2, 0.25) is 0 Å². The average molecular weight is 427 g/mol. The first kappa shape index (κ1) is 17.4. The molecule has 0 saturated heterocycles. The molecule has 0 aliphatic rings. The van der Waals surface area contributed by atoms with Gasteiger partial charge in [0.1, 0.15) is 5.75 Å². The van der Waals surface area contributed by atoms with E-state index in [1.54, 1.807) is 25.3 Å². The van der Waals surface area contributed by atoms with Crippen molar-refractivity contribution in [3.8, 4) is 17.2 Å². The van der Waals surface area contributed by atoms with Crippen molar-refractivity contribution in [2.24, 2.45) is 0 Å². The summed E-state index contributed by atoms with van der Waals surface area (Å²) in [5.41, 5.74) is 0.626. The van der Waals surface area contributed by atoms with Crippen molar-refractivity contribution in [1.82, 2.24) is 0 Å². The molecule has 2 rings (SSSR count). The lowest BCUT2D eigenvalue weighted by molar-refractivity contribution is -0.118. The molecule has 23 heavy (non-hydrogen) atoms. The smallest absolute Gasteiger partial charge is 0.262 e. The molecule has 6 heteroatoms. The Morgan fingerprint density at radius 1 is 1.09 bits per heavy atom. The van der Waals surface area contributed by atoms with E-state index in [-0.39, 0.29) is 12.5 Å². The molecule has 122 valence electrons. The van der Waals surface area contributed by atoms with Crippen LogP contribution in [0.25, 0.3) is 0 Å². The van der Waals surface area contributed by atoms with Gasteiger partial charge in [0, 0.05) is 15.3 Å². The molecule has 1 N–H and O–H groups in total. The van der Waals surface area contributed by atoms with Crippen molar-refractivity contribution in [2.45, 2.75) is 6.92 Å². The number of benzene rings is 2. The highest BCUT2D eigenvalue weighted by Gasteiger charge is 2.08. The minimum Gasteiger partial charge on any atom is -0.493 e. The molecule has 0 unspecified atom stereocenters. The topological polar surface area (TPSA) is 56.8 Å². The van der Waals surface area contributed by atoms with Crippen molar-refractivity contribution >= 4 is 34.2 Å². The second-order valence-corrected chi connectivity index (χ2v) is 5.84. The number of rotatable bonds is 7. The molecule has 0 bridgehead atoms. The van der Waals surface area contributed by atoms with Gasteiger partial charge >= 0.3 is 0 Å². The lowest BCUT2D eigenvalue weighted by Crippen LogP contribution is -2.20. The second-order valence-electron chi connectivity index (χ2n) is 4.59. The van der Waals surface area contributed by atoms with E-state index in [1.807, 2.05) is 31.2 Å². The molecular formula is C17H18INO4. The lowest BCUT2D eigenvalue weighted by Gasteiger charge is -2.12. The number of halogens is 1. The van der Waals surface area contributed by atoms with E-state index in [0.29, 0.717) is 29.5 Å². The van der Waals surface area contributed by atoms with Gasteiger partial charge in [-0.3, -0.25) is 4.79 Å². The van der Waals surface area contributed by atoms with Crippen molar-refractivity contribution in [3.63, 3.8) is 0 Å². The van der Waals surface area contributed by atoms with E-state index < -0.39 is 0 Å². The van der Waals surface area contributed by atoms with Gasteiger partial charge in [-0.25, -0.2) is 0 Å². The predicted octanol–water partition coefficient (Wildman–Crippen LogP) is 3.72. The van der Waals surface area contributed by atoms with Crippen LogP contribution in [0.15, 0.2) is 42.5 Å². The van der Waals surface area contributed by atoms with Gasteiger partial charge in [0.05, 0.1) is 13.7 Å². The molecule has 0 spiro atoms. The fraction of sp³-hybridized carbons (Fsp3) is 0.235. The summed E-state index contributed by atoms with van der Waals surface area (Å²) >= 11 is 2.21. The Labute approximate surface area is 149 Å². The molecule has 0 heterocycles. The quantitative estimate of drug-likeness (QED) is 0.685. The zero-order valence-corrected chi connectivity index (χ0v) is 15.1. The van der Waals surface area contributed by atoms with E-state index in [4.69, 9.17) is 14.2 Å². The van der Waals surface area contributed by atoms with Gasteiger partial charge < -0.3 is 19.5 Å². The highest BCUT2D eigenvalue weighted by Crippen LogP contribution is 2.30.